The molecular formula is C18H29N5O2S. The van der Waals surface area contributed by atoms with Crippen molar-refractivity contribution in [1.29, 1.82) is 0 Å². The first kappa shape index (κ1) is 19.2. The Kier molecular flexibility index (Phi) is 5.89. The molecule has 1 aromatic rings. The van der Waals surface area contributed by atoms with E-state index in [0.717, 1.165) is 31.8 Å². The van der Waals surface area contributed by atoms with Crippen LogP contribution < -0.4 is 5.73 Å². The van der Waals surface area contributed by atoms with Gasteiger partial charge in [-0.15, -0.1) is 10.2 Å². The van der Waals surface area contributed by atoms with E-state index >= 15 is 0 Å². The summed E-state index contributed by atoms with van der Waals surface area (Å²) >= 11 is 1.44. The van der Waals surface area contributed by atoms with E-state index in [9.17, 15) is 9.59 Å². The molecule has 1 saturated heterocycles. The Labute approximate surface area is 159 Å². The first-order valence-electron chi connectivity index (χ1n) is 9.52. The Bertz CT molecular complexity index is 663. The number of piperidine rings is 1. The lowest BCUT2D eigenvalue weighted by molar-refractivity contribution is -0.133. The third-order valence-corrected chi connectivity index (χ3v) is 6.15. The zero-order valence-electron chi connectivity index (χ0n) is 15.9. The molecule has 26 heavy (non-hydrogen) atoms. The SMILES string of the molecule is C[C@@H]1C[C@@H](C)CN(C(=O)[C@H](C)Sc2nnc(C3CC3)n2CCC(N)=O)C1. The molecular weight excluding hydrogens is 350 g/mol. The molecule has 0 radical (unpaired) electrons. The zero-order valence-corrected chi connectivity index (χ0v) is 16.7. The number of aromatic nitrogens is 3. The van der Waals surface area contributed by atoms with Crippen LogP contribution in [-0.4, -0.2) is 49.8 Å². The van der Waals surface area contributed by atoms with Gasteiger partial charge in [0.2, 0.25) is 11.8 Å². The van der Waals surface area contributed by atoms with Crippen molar-refractivity contribution in [3.05, 3.63) is 5.82 Å². The molecule has 8 heteroatoms. The van der Waals surface area contributed by atoms with Crippen LogP contribution in [0, 0.1) is 11.8 Å². The smallest absolute Gasteiger partial charge is 0.235 e. The monoisotopic (exact) mass is 379 g/mol. The minimum absolute atomic E-state index is 0.158. The third-order valence-electron chi connectivity index (χ3n) is 5.08. The van der Waals surface area contributed by atoms with Gasteiger partial charge in [-0.25, -0.2) is 0 Å². The van der Waals surface area contributed by atoms with E-state index in [1.807, 2.05) is 16.4 Å². The number of thioether (sulfide) groups is 1. The van der Waals surface area contributed by atoms with Gasteiger partial charge in [0.15, 0.2) is 5.16 Å². The molecule has 0 spiro atoms. The molecule has 2 aliphatic rings. The average Bonchev–Trinajstić information content (AvgIpc) is 3.33. The van der Waals surface area contributed by atoms with Gasteiger partial charge in [-0.1, -0.05) is 25.6 Å². The minimum atomic E-state index is -0.336. The summed E-state index contributed by atoms with van der Waals surface area (Å²) in [5.41, 5.74) is 5.31. The highest BCUT2D eigenvalue weighted by Crippen LogP contribution is 2.40. The summed E-state index contributed by atoms with van der Waals surface area (Å²) in [6, 6.07) is 0. The van der Waals surface area contributed by atoms with Gasteiger partial charge in [0, 0.05) is 32.0 Å². The Morgan fingerprint density at radius 2 is 1.88 bits per heavy atom. The maximum absolute atomic E-state index is 12.9. The predicted molar refractivity (Wildman–Crippen MR) is 101 cm³/mol. The molecule has 0 aromatic carbocycles. The van der Waals surface area contributed by atoms with E-state index in [2.05, 4.69) is 24.0 Å². The summed E-state index contributed by atoms with van der Waals surface area (Å²) in [5, 5.41) is 9.12. The number of hydrogen-bond donors (Lipinski definition) is 1. The highest BCUT2D eigenvalue weighted by molar-refractivity contribution is 8.00. The fourth-order valence-electron chi connectivity index (χ4n) is 3.77. The van der Waals surface area contributed by atoms with Crippen molar-refractivity contribution in [2.45, 2.75) is 69.3 Å². The molecule has 1 saturated carbocycles. The fraction of sp³-hybridized carbons (Fsp3) is 0.778. The molecule has 0 bridgehead atoms. The molecule has 7 nitrogen and oxygen atoms in total. The van der Waals surface area contributed by atoms with Crippen molar-refractivity contribution in [3.8, 4) is 0 Å². The molecule has 3 atom stereocenters. The Hall–Kier alpha value is -1.57. The summed E-state index contributed by atoms with van der Waals surface area (Å²) in [4.78, 5) is 26.1. The van der Waals surface area contributed by atoms with Gasteiger partial charge >= 0.3 is 0 Å². The van der Waals surface area contributed by atoms with E-state index in [1.54, 1.807) is 0 Å². The second kappa shape index (κ2) is 7.98. The van der Waals surface area contributed by atoms with Crippen LogP contribution in [-0.2, 0) is 16.1 Å². The second-order valence-corrected chi connectivity index (χ2v) is 9.24. The number of primary amides is 1. The molecule has 1 aliphatic carbocycles. The van der Waals surface area contributed by atoms with Crippen LogP contribution in [0.3, 0.4) is 0 Å². The normalized spacial score (nSPS) is 24.5. The first-order chi connectivity index (χ1) is 12.3. The number of amides is 2. The van der Waals surface area contributed by atoms with Gasteiger partial charge in [0.05, 0.1) is 5.25 Å². The summed E-state index contributed by atoms with van der Waals surface area (Å²) in [7, 11) is 0. The summed E-state index contributed by atoms with van der Waals surface area (Å²) in [6.07, 6.45) is 3.65. The van der Waals surface area contributed by atoms with Gasteiger partial charge in [0.1, 0.15) is 5.82 Å². The first-order valence-corrected chi connectivity index (χ1v) is 10.4. The predicted octanol–water partition coefficient (Wildman–Crippen LogP) is 2.02. The molecule has 2 N–H and O–H groups in total. The molecule has 2 heterocycles. The highest BCUT2D eigenvalue weighted by Gasteiger charge is 2.33. The molecule has 3 rings (SSSR count). The standard InChI is InChI=1S/C18H29N5O2S/c1-11-8-12(2)10-22(9-11)17(25)13(3)26-18-21-20-16(14-4-5-14)23(18)7-6-15(19)24/h11-14H,4-10H2,1-3H3,(H2,19,24)/t11-,12-,13+/m1/s1. The van der Waals surface area contributed by atoms with Gasteiger partial charge in [0.25, 0.3) is 0 Å². The van der Waals surface area contributed by atoms with Crippen LogP contribution in [0.1, 0.15) is 58.2 Å². The number of nitrogens with zero attached hydrogens (tertiary/aromatic N) is 4. The number of carbonyl (C=O) groups excluding carboxylic acids is 2. The molecule has 0 unspecified atom stereocenters. The van der Waals surface area contributed by atoms with Crippen LogP contribution in [0.15, 0.2) is 5.16 Å². The maximum atomic E-state index is 12.9. The van der Waals surface area contributed by atoms with Crippen molar-refractivity contribution in [3.63, 3.8) is 0 Å². The number of carbonyl (C=O) groups is 2. The average molecular weight is 380 g/mol. The van der Waals surface area contributed by atoms with E-state index in [4.69, 9.17) is 5.73 Å². The molecule has 2 amide bonds. The van der Waals surface area contributed by atoms with Crippen LogP contribution in [0.2, 0.25) is 0 Å². The zero-order chi connectivity index (χ0) is 18.8. The Morgan fingerprint density at radius 3 is 2.46 bits per heavy atom. The summed E-state index contributed by atoms with van der Waals surface area (Å²) in [6.45, 7) is 8.48. The van der Waals surface area contributed by atoms with Crippen LogP contribution in [0.25, 0.3) is 0 Å². The molecule has 144 valence electrons. The molecule has 1 aliphatic heterocycles. The van der Waals surface area contributed by atoms with Crippen molar-refractivity contribution in [2.75, 3.05) is 13.1 Å². The van der Waals surface area contributed by atoms with Crippen molar-refractivity contribution < 1.29 is 9.59 Å². The molecule has 1 aromatic heterocycles. The Morgan fingerprint density at radius 1 is 1.23 bits per heavy atom. The number of hydrogen-bond acceptors (Lipinski definition) is 5. The van der Waals surface area contributed by atoms with Crippen LogP contribution in [0.4, 0.5) is 0 Å². The van der Waals surface area contributed by atoms with Gasteiger partial charge < -0.3 is 15.2 Å². The van der Waals surface area contributed by atoms with Gasteiger partial charge in [-0.3, -0.25) is 9.59 Å². The second-order valence-electron chi connectivity index (χ2n) is 7.93. The number of nitrogens with two attached hydrogens (primary N) is 1. The van der Waals surface area contributed by atoms with Crippen molar-refractivity contribution in [2.24, 2.45) is 17.6 Å². The summed E-state index contributed by atoms with van der Waals surface area (Å²) < 4.78 is 1.98. The maximum Gasteiger partial charge on any atom is 0.235 e. The summed E-state index contributed by atoms with van der Waals surface area (Å²) in [5.74, 6) is 2.26. The number of rotatable bonds is 7. The van der Waals surface area contributed by atoms with Crippen molar-refractivity contribution in [1.82, 2.24) is 19.7 Å². The fourth-order valence-corrected chi connectivity index (χ4v) is 4.74. The van der Waals surface area contributed by atoms with E-state index in [1.165, 1.54) is 18.2 Å². The highest BCUT2D eigenvalue weighted by atomic mass is 32.2. The van der Waals surface area contributed by atoms with Crippen molar-refractivity contribution >= 4 is 23.6 Å². The van der Waals surface area contributed by atoms with E-state index in [-0.39, 0.29) is 23.5 Å². The van der Waals surface area contributed by atoms with E-state index in [0.29, 0.717) is 29.5 Å². The number of likely N-dealkylation sites (tertiary alicyclic amines) is 1. The lowest BCUT2D eigenvalue weighted by atomic mass is 9.92. The van der Waals surface area contributed by atoms with Crippen LogP contribution >= 0.6 is 11.8 Å². The Balaban J connectivity index is 1.69. The minimum Gasteiger partial charge on any atom is -0.370 e. The lowest BCUT2D eigenvalue weighted by Gasteiger charge is -2.36. The quantitative estimate of drug-likeness (QED) is 0.732. The van der Waals surface area contributed by atoms with E-state index < -0.39 is 0 Å². The third kappa shape index (κ3) is 4.58. The topological polar surface area (TPSA) is 94.1 Å². The van der Waals surface area contributed by atoms with Gasteiger partial charge in [-0.05, 0) is 38.0 Å². The molecule has 2 fully saturated rings. The van der Waals surface area contributed by atoms with Crippen LogP contribution in [0.5, 0.6) is 0 Å². The lowest BCUT2D eigenvalue weighted by Crippen LogP contribution is -2.45. The largest absolute Gasteiger partial charge is 0.370 e. The van der Waals surface area contributed by atoms with Gasteiger partial charge in [-0.2, -0.15) is 0 Å².